The minimum atomic E-state index is -4.12. The van der Waals surface area contributed by atoms with E-state index in [1.807, 2.05) is 0 Å². The molecule has 35 heavy (non-hydrogen) atoms. The SMILES string of the molecule is O=C1CC(=O)N(c2cc(Cl)c(Oc3c[nH]c(=O)c(S(=O)(=O)NC4CCC4)c3)c(Cl)c2)N=C1C(F)F. The molecule has 0 bridgehead atoms. The summed E-state index contributed by atoms with van der Waals surface area (Å²) in [5.74, 6) is -2.24. The number of Topliss-reactive ketones (excluding diaryl/α,β-unsaturated/α-hetero) is 1. The van der Waals surface area contributed by atoms with E-state index in [1.165, 1.54) is 0 Å². The van der Waals surface area contributed by atoms with E-state index in [0.29, 0.717) is 17.9 Å². The van der Waals surface area contributed by atoms with Gasteiger partial charge in [-0.3, -0.25) is 14.4 Å². The Morgan fingerprint density at radius 2 is 1.80 bits per heavy atom. The van der Waals surface area contributed by atoms with Gasteiger partial charge in [-0.05, 0) is 25.0 Å². The molecule has 2 N–H and O–H groups in total. The van der Waals surface area contributed by atoms with Crippen LogP contribution in [-0.4, -0.2) is 43.3 Å². The number of nitrogens with zero attached hydrogens (tertiary/aromatic N) is 2. The molecule has 0 atom stereocenters. The second-order valence-electron chi connectivity index (χ2n) is 7.71. The number of ketones is 1. The fourth-order valence-corrected chi connectivity index (χ4v) is 5.21. The summed E-state index contributed by atoms with van der Waals surface area (Å²) in [6.07, 6.45) is -0.669. The van der Waals surface area contributed by atoms with Crippen LogP contribution >= 0.6 is 23.2 Å². The molecule has 1 aliphatic heterocycles. The summed E-state index contributed by atoms with van der Waals surface area (Å²) in [6.45, 7) is 0. The van der Waals surface area contributed by atoms with E-state index in [0.717, 1.165) is 30.8 Å². The lowest BCUT2D eigenvalue weighted by atomic mass is 9.94. The van der Waals surface area contributed by atoms with Crippen molar-refractivity contribution in [3.8, 4) is 11.5 Å². The van der Waals surface area contributed by atoms with Crippen LogP contribution in [0.4, 0.5) is 14.5 Å². The highest BCUT2D eigenvalue weighted by Gasteiger charge is 2.34. The number of halogens is 4. The lowest BCUT2D eigenvalue weighted by Gasteiger charge is -2.25. The third kappa shape index (κ3) is 5.22. The van der Waals surface area contributed by atoms with Crippen LogP contribution in [0.3, 0.4) is 0 Å². The first-order chi connectivity index (χ1) is 16.5. The maximum absolute atomic E-state index is 13.1. The Bertz CT molecular complexity index is 1390. The molecule has 0 unspecified atom stereocenters. The van der Waals surface area contributed by atoms with Crippen molar-refractivity contribution < 1.29 is 31.5 Å². The maximum Gasteiger partial charge on any atom is 0.285 e. The van der Waals surface area contributed by atoms with Gasteiger partial charge in [-0.25, -0.2) is 21.9 Å². The summed E-state index contributed by atoms with van der Waals surface area (Å²) in [5.41, 5.74) is -2.03. The highest BCUT2D eigenvalue weighted by atomic mass is 35.5. The summed E-state index contributed by atoms with van der Waals surface area (Å²) in [4.78, 5) is 37.6. The summed E-state index contributed by atoms with van der Waals surface area (Å²) in [6, 6.07) is 3.04. The minimum absolute atomic E-state index is 0.0996. The zero-order valence-corrected chi connectivity index (χ0v) is 19.9. The van der Waals surface area contributed by atoms with Crippen molar-refractivity contribution in [2.24, 2.45) is 5.10 Å². The van der Waals surface area contributed by atoms with Crippen molar-refractivity contribution in [3.05, 3.63) is 44.8 Å². The molecule has 1 aromatic carbocycles. The lowest BCUT2D eigenvalue weighted by Crippen LogP contribution is -2.41. The number of sulfonamides is 1. The summed E-state index contributed by atoms with van der Waals surface area (Å²) < 4.78 is 59.3. The topological polar surface area (TPSA) is 138 Å². The monoisotopic (exact) mass is 548 g/mol. The minimum Gasteiger partial charge on any atom is -0.453 e. The third-order valence-corrected chi connectivity index (χ3v) is 7.34. The predicted molar refractivity (Wildman–Crippen MR) is 122 cm³/mol. The second-order valence-corrected chi connectivity index (χ2v) is 10.2. The van der Waals surface area contributed by atoms with Crippen molar-refractivity contribution >= 4 is 56.3 Å². The van der Waals surface area contributed by atoms with Gasteiger partial charge in [-0.15, -0.1) is 0 Å². The van der Waals surface area contributed by atoms with Crippen molar-refractivity contribution in [3.63, 3.8) is 0 Å². The van der Waals surface area contributed by atoms with Gasteiger partial charge in [-0.1, -0.05) is 29.6 Å². The number of carbonyl (C=O) groups excluding carboxylic acids is 2. The molecule has 1 fully saturated rings. The van der Waals surface area contributed by atoms with Crippen molar-refractivity contribution in [2.75, 3.05) is 5.01 Å². The quantitative estimate of drug-likeness (QED) is 0.509. The molecule has 0 spiro atoms. The van der Waals surface area contributed by atoms with E-state index in [1.54, 1.807) is 0 Å². The molecular formula is C20H16Cl2F2N4O6S. The number of aromatic nitrogens is 1. The van der Waals surface area contributed by atoms with E-state index in [-0.39, 0.29) is 33.3 Å². The average Bonchev–Trinajstić information content (AvgIpc) is 2.74. The number of hydrazone groups is 1. The lowest BCUT2D eigenvalue weighted by molar-refractivity contribution is -0.124. The van der Waals surface area contributed by atoms with Crippen LogP contribution in [0.2, 0.25) is 10.0 Å². The number of ether oxygens (including phenoxy) is 1. The first-order valence-electron chi connectivity index (χ1n) is 10.1. The number of alkyl halides is 2. The number of carbonyl (C=O) groups is 2. The number of nitrogens with one attached hydrogen (secondary N) is 2. The van der Waals surface area contributed by atoms with E-state index in [4.69, 9.17) is 27.9 Å². The molecular weight excluding hydrogens is 533 g/mol. The fourth-order valence-electron chi connectivity index (χ4n) is 3.29. The number of anilines is 1. The molecule has 1 saturated carbocycles. The van der Waals surface area contributed by atoms with Gasteiger partial charge in [0.1, 0.15) is 5.75 Å². The highest BCUT2D eigenvalue weighted by molar-refractivity contribution is 7.89. The van der Waals surface area contributed by atoms with Crippen LogP contribution in [0.25, 0.3) is 0 Å². The number of amides is 1. The largest absolute Gasteiger partial charge is 0.453 e. The van der Waals surface area contributed by atoms with Gasteiger partial charge in [0.15, 0.2) is 22.1 Å². The Hall–Kier alpha value is -2.87. The number of aromatic amines is 1. The molecule has 1 aliphatic carbocycles. The third-order valence-electron chi connectivity index (χ3n) is 5.25. The Balaban J connectivity index is 1.64. The van der Waals surface area contributed by atoms with Crippen LogP contribution < -0.4 is 20.0 Å². The first kappa shape index (κ1) is 25.2. The molecule has 15 heteroatoms. The summed E-state index contributed by atoms with van der Waals surface area (Å²) in [7, 11) is -4.12. The van der Waals surface area contributed by atoms with E-state index < -0.39 is 50.7 Å². The number of H-pyrrole nitrogens is 1. The van der Waals surface area contributed by atoms with E-state index in [2.05, 4.69) is 14.8 Å². The Labute approximate surface area is 206 Å². The fraction of sp³-hybridized carbons (Fsp3) is 0.300. The molecule has 2 heterocycles. The van der Waals surface area contributed by atoms with Crippen molar-refractivity contribution in [1.82, 2.24) is 9.71 Å². The average molecular weight is 549 g/mol. The smallest absolute Gasteiger partial charge is 0.285 e. The van der Waals surface area contributed by atoms with E-state index >= 15 is 0 Å². The van der Waals surface area contributed by atoms with E-state index in [9.17, 15) is 31.6 Å². The molecule has 1 amide bonds. The van der Waals surface area contributed by atoms with Gasteiger partial charge in [-0.2, -0.15) is 10.1 Å². The van der Waals surface area contributed by atoms with Crippen molar-refractivity contribution in [2.45, 2.75) is 43.0 Å². The Morgan fingerprint density at radius 3 is 2.37 bits per heavy atom. The molecule has 4 rings (SSSR count). The van der Waals surface area contributed by atoms with Gasteiger partial charge in [0.25, 0.3) is 17.9 Å². The summed E-state index contributed by atoms with van der Waals surface area (Å²) in [5, 5.41) is 3.64. The predicted octanol–water partition coefficient (Wildman–Crippen LogP) is 3.23. The standard InChI is InChI=1S/C20H16Cl2F2N4O6S/c21-12-4-10(28-16(30)7-14(29)17(26-28)19(23)24)5-13(22)18(12)34-11-6-15(20(31)25-8-11)35(32,33)27-9-2-1-3-9/h4-6,8-9,19,27H,1-3,7H2,(H,25,31). The molecule has 1 aromatic heterocycles. The highest BCUT2D eigenvalue weighted by Crippen LogP contribution is 2.40. The number of rotatable bonds is 7. The van der Waals surface area contributed by atoms with Gasteiger partial charge >= 0.3 is 0 Å². The van der Waals surface area contributed by atoms with Crippen LogP contribution in [0, 0.1) is 0 Å². The van der Waals surface area contributed by atoms with Gasteiger partial charge < -0.3 is 9.72 Å². The van der Waals surface area contributed by atoms with Gasteiger partial charge in [0, 0.05) is 18.3 Å². The second kappa shape index (κ2) is 9.64. The molecule has 2 aliphatic rings. The molecule has 186 valence electrons. The number of hydrogen-bond acceptors (Lipinski definition) is 7. The maximum atomic E-state index is 13.1. The van der Waals surface area contributed by atoms with Gasteiger partial charge in [0.2, 0.25) is 10.0 Å². The number of pyridine rings is 1. The van der Waals surface area contributed by atoms with Gasteiger partial charge in [0.05, 0.1) is 22.2 Å². The van der Waals surface area contributed by atoms with Crippen LogP contribution in [0.15, 0.2) is 39.2 Å². The number of hydrogen-bond donors (Lipinski definition) is 2. The molecule has 0 saturated heterocycles. The van der Waals surface area contributed by atoms with Crippen LogP contribution in [0.5, 0.6) is 11.5 Å². The Morgan fingerprint density at radius 1 is 1.14 bits per heavy atom. The molecule has 10 nitrogen and oxygen atoms in total. The summed E-state index contributed by atoms with van der Waals surface area (Å²) >= 11 is 12.4. The normalized spacial score (nSPS) is 16.9. The van der Waals surface area contributed by atoms with Crippen LogP contribution in [-0.2, 0) is 19.6 Å². The first-order valence-corrected chi connectivity index (χ1v) is 12.3. The van der Waals surface area contributed by atoms with Crippen LogP contribution in [0.1, 0.15) is 25.7 Å². The zero-order valence-electron chi connectivity index (χ0n) is 17.6. The zero-order chi connectivity index (χ0) is 25.5. The number of benzene rings is 1. The Kier molecular flexibility index (Phi) is 6.95. The molecule has 2 aromatic rings. The van der Waals surface area contributed by atoms with Crippen molar-refractivity contribution in [1.29, 1.82) is 0 Å². The molecule has 0 radical (unpaired) electrons.